The number of imidazole rings is 1. The minimum atomic E-state index is 0.160. The molecule has 2 aromatic rings. The highest BCUT2D eigenvalue weighted by Crippen LogP contribution is 2.23. The van der Waals surface area contributed by atoms with Crippen molar-refractivity contribution in [2.45, 2.75) is 34.2 Å². The summed E-state index contributed by atoms with van der Waals surface area (Å²) >= 11 is 0. The highest BCUT2D eigenvalue weighted by Gasteiger charge is 2.16. The molecule has 0 spiro atoms. The van der Waals surface area contributed by atoms with Crippen molar-refractivity contribution in [3.05, 3.63) is 17.8 Å². The number of aromatic nitrogens is 3. The Morgan fingerprint density at radius 2 is 1.94 bits per heavy atom. The van der Waals surface area contributed by atoms with Gasteiger partial charge in [-0.1, -0.05) is 20.8 Å². The van der Waals surface area contributed by atoms with E-state index in [4.69, 9.17) is 5.73 Å². The number of nitrogens with two attached hydrogens (primary N) is 1. The van der Waals surface area contributed by atoms with E-state index < -0.39 is 0 Å². The zero-order valence-electron chi connectivity index (χ0n) is 10.3. The molecule has 0 aliphatic heterocycles. The van der Waals surface area contributed by atoms with Crippen molar-refractivity contribution in [3.63, 3.8) is 0 Å². The molecule has 0 bridgehead atoms. The predicted molar refractivity (Wildman–Crippen MR) is 66.1 cm³/mol. The van der Waals surface area contributed by atoms with E-state index >= 15 is 0 Å². The second kappa shape index (κ2) is 3.47. The summed E-state index contributed by atoms with van der Waals surface area (Å²) in [5.74, 6) is 0.544. The lowest BCUT2D eigenvalue weighted by Gasteiger charge is -2.19. The van der Waals surface area contributed by atoms with E-state index in [0.29, 0.717) is 5.95 Å². The fraction of sp³-hybridized carbons (Fsp3) is 0.500. The van der Waals surface area contributed by atoms with Gasteiger partial charge in [-0.3, -0.25) is 4.57 Å². The summed E-state index contributed by atoms with van der Waals surface area (Å²) in [7, 11) is 0. The third-order valence-electron chi connectivity index (χ3n) is 2.39. The number of rotatable bonds is 1. The monoisotopic (exact) mass is 218 g/mol. The highest BCUT2D eigenvalue weighted by atomic mass is 15.2. The maximum absolute atomic E-state index is 5.92. The molecule has 0 aliphatic carbocycles. The number of pyridine rings is 1. The molecular weight excluding hydrogens is 200 g/mol. The van der Waals surface area contributed by atoms with Gasteiger partial charge in [-0.25, -0.2) is 9.97 Å². The van der Waals surface area contributed by atoms with Crippen LogP contribution in [0.15, 0.2) is 12.1 Å². The van der Waals surface area contributed by atoms with Gasteiger partial charge in [0.1, 0.15) is 5.52 Å². The van der Waals surface area contributed by atoms with Crippen molar-refractivity contribution in [1.29, 1.82) is 0 Å². The molecule has 0 aliphatic rings. The lowest BCUT2D eigenvalue weighted by molar-refractivity contribution is 0.350. The molecule has 0 aromatic carbocycles. The summed E-state index contributed by atoms with van der Waals surface area (Å²) in [6.07, 6.45) is 0. The number of anilines is 1. The molecule has 0 saturated carbocycles. The standard InChI is InChI=1S/C12H18N4/c1-8-5-6-9-10(14-8)16(11(13)15-9)7-12(2,3)4/h5-6H,7H2,1-4H3,(H2,13,15). The molecule has 0 unspecified atom stereocenters. The van der Waals surface area contributed by atoms with E-state index in [9.17, 15) is 0 Å². The molecule has 0 saturated heterocycles. The second-order valence-corrected chi connectivity index (χ2v) is 5.41. The Morgan fingerprint density at radius 1 is 1.25 bits per heavy atom. The van der Waals surface area contributed by atoms with Crippen molar-refractivity contribution in [3.8, 4) is 0 Å². The van der Waals surface area contributed by atoms with Crippen LogP contribution < -0.4 is 5.73 Å². The number of nitrogens with zero attached hydrogens (tertiary/aromatic N) is 3. The molecule has 0 radical (unpaired) electrons. The number of nitrogen functional groups attached to an aromatic ring is 1. The van der Waals surface area contributed by atoms with Crippen LogP contribution in [0.5, 0.6) is 0 Å². The van der Waals surface area contributed by atoms with Crippen LogP contribution in [0.4, 0.5) is 5.95 Å². The van der Waals surface area contributed by atoms with Crippen molar-refractivity contribution in [1.82, 2.24) is 14.5 Å². The van der Waals surface area contributed by atoms with Gasteiger partial charge in [-0.05, 0) is 24.5 Å². The molecule has 4 nitrogen and oxygen atoms in total. The van der Waals surface area contributed by atoms with Gasteiger partial charge in [0, 0.05) is 12.2 Å². The van der Waals surface area contributed by atoms with Crippen LogP contribution in [0.2, 0.25) is 0 Å². The summed E-state index contributed by atoms with van der Waals surface area (Å²) < 4.78 is 1.99. The van der Waals surface area contributed by atoms with E-state index in [0.717, 1.165) is 23.4 Å². The van der Waals surface area contributed by atoms with Crippen LogP contribution in [-0.4, -0.2) is 14.5 Å². The molecular formula is C12H18N4. The molecule has 2 N–H and O–H groups in total. The quantitative estimate of drug-likeness (QED) is 0.799. The molecule has 4 heteroatoms. The van der Waals surface area contributed by atoms with Crippen LogP contribution in [0, 0.1) is 12.3 Å². The minimum Gasteiger partial charge on any atom is -0.369 e. The van der Waals surface area contributed by atoms with Crippen LogP contribution in [-0.2, 0) is 6.54 Å². The van der Waals surface area contributed by atoms with Crippen molar-refractivity contribution < 1.29 is 0 Å². The van der Waals surface area contributed by atoms with E-state index in [1.165, 1.54) is 0 Å². The number of fused-ring (bicyclic) bond motifs is 1. The van der Waals surface area contributed by atoms with Gasteiger partial charge < -0.3 is 5.73 Å². The number of aryl methyl sites for hydroxylation is 1. The van der Waals surface area contributed by atoms with Crippen LogP contribution in [0.25, 0.3) is 11.2 Å². The largest absolute Gasteiger partial charge is 0.369 e. The Kier molecular flexibility index (Phi) is 2.37. The SMILES string of the molecule is Cc1ccc2nc(N)n(CC(C)(C)C)c2n1. The van der Waals surface area contributed by atoms with Crippen LogP contribution >= 0.6 is 0 Å². The van der Waals surface area contributed by atoms with Gasteiger partial charge in [-0.15, -0.1) is 0 Å². The third-order valence-corrected chi connectivity index (χ3v) is 2.39. The van der Waals surface area contributed by atoms with Gasteiger partial charge in [0.05, 0.1) is 0 Å². The van der Waals surface area contributed by atoms with Gasteiger partial charge in [0.2, 0.25) is 5.95 Å². The fourth-order valence-corrected chi connectivity index (χ4v) is 1.74. The molecule has 2 heterocycles. The zero-order chi connectivity index (χ0) is 11.9. The first-order valence-electron chi connectivity index (χ1n) is 5.46. The van der Waals surface area contributed by atoms with E-state index in [-0.39, 0.29) is 5.41 Å². The number of hydrogen-bond donors (Lipinski definition) is 1. The smallest absolute Gasteiger partial charge is 0.202 e. The zero-order valence-corrected chi connectivity index (χ0v) is 10.3. The lowest BCUT2D eigenvalue weighted by Crippen LogP contribution is -2.17. The second-order valence-electron chi connectivity index (χ2n) is 5.41. The van der Waals surface area contributed by atoms with E-state index in [1.54, 1.807) is 0 Å². The van der Waals surface area contributed by atoms with Gasteiger partial charge in [0.15, 0.2) is 5.65 Å². The molecule has 86 valence electrons. The Morgan fingerprint density at radius 3 is 2.56 bits per heavy atom. The molecule has 2 rings (SSSR count). The summed E-state index contributed by atoms with van der Waals surface area (Å²) in [5.41, 5.74) is 8.82. The van der Waals surface area contributed by atoms with Crippen molar-refractivity contribution in [2.24, 2.45) is 5.41 Å². The van der Waals surface area contributed by atoms with Gasteiger partial charge in [-0.2, -0.15) is 0 Å². The van der Waals surface area contributed by atoms with Gasteiger partial charge >= 0.3 is 0 Å². The first-order valence-corrected chi connectivity index (χ1v) is 5.46. The third kappa shape index (κ3) is 2.01. The number of hydrogen-bond acceptors (Lipinski definition) is 3. The normalized spacial score (nSPS) is 12.2. The van der Waals surface area contributed by atoms with E-state index in [1.807, 2.05) is 23.6 Å². The van der Waals surface area contributed by atoms with Crippen LogP contribution in [0.1, 0.15) is 26.5 Å². The van der Waals surface area contributed by atoms with E-state index in [2.05, 4.69) is 30.7 Å². The topological polar surface area (TPSA) is 56.7 Å². The molecule has 0 fully saturated rings. The first-order chi connectivity index (χ1) is 7.37. The Balaban J connectivity index is 2.58. The molecule has 0 amide bonds. The van der Waals surface area contributed by atoms with Crippen LogP contribution in [0.3, 0.4) is 0 Å². The lowest BCUT2D eigenvalue weighted by atomic mass is 9.97. The average molecular weight is 218 g/mol. The maximum Gasteiger partial charge on any atom is 0.202 e. The Hall–Kier alpha value is -1.58. The molecule has 16 heavy (non-hydrogen) atoms. The summed E-state index contributed by atoms with van der Waals surface area (Å²) in [5, 5.41) is 0. The van der Waals surface area contributed by atoms with Crippen molar-refractivity contribution >= 4 is 17.1 Å². The molecule has 0 atom stereocenters. The Bertz CT molecular complexity index is 520. The summed E-state index contributed by atoms with van der Waals surface area (Å²) in [4.78, 5) is 8.82. The average Bonchev–Trinajstić information content (AvgIpc) is 2.42. The predicted octanol–water partition coefficient (Wildman–Crippen LogP) is 2.37. The highest BCUT2D eigenvalue weighted by molar-refractivity contribution is 5.74. The van der Waals surface area contributed by atoms with Crippen molar-refractivity contribution in [2.75, 3.05) is 5.73 Å². The summed E-state index contributed by atoms with van der Waals surface area (Å²) in [6.45, 7) is 9.33. The maximum atomic E-state index is 5.92. The minimum absolute atomic E-state index is 0.160. The first kappa shape index (κ1) is 10.9. The summed E-state index contributed by atoms with van der Waals surface area (Å²) in [6, 6.07) is 3.92. The Labute approximate surface area is 95.5 Å². The molecule has 2 aromatic heterocycles. The van der Waals surface area contributed by atoms with Gasteiger partial charge in [0.25, 0.3) is 0 Å². The fourth-order valence-electron chi connectivity index (χ4n) is 1.74.